The molecule has 0 fully saturated rings. The second-order valence-electron chi connectivity index (χ2n) is 6.20. The van der Waals surface area contributed by atoms with Gasteiger partial charge in [-0.25, -0.2) is 14.4 Å². The minimum absolute atomic E-state index is 0.0490. The number of hydrogen-bond donors (Lipinski definition) is 3. The number of benzene rings is 2. The Morgan fingerprint density at radius 3 is 2.56 bits per heavy atom. The Hall–Kier alpha value is -2.48. The van der Waals surface area contributed by atoms with Crippen LogP contribution >= 0.6 is 11.6 Å². The summed E-state index contributed by atoms with van der Waals surface area (Å²) in [7, 11) is 4.10. The van der Waals surface area contributed by atoms with Gasteiger partial charge in [-0.15, -0.1) is 0 Å². The van der Waals surface area contributed by atoms with Crippen LogP contribution in [0.3, 0.4) is 0 Å². The van der Waals surface area contributed by atoms with E-state index in [0.29, 0.717) is 17.2 Å². The molecule has 0 unspecified atom stereocenters. The molecule has 1 aromatic heterocycles. The minimum atomic E-state index is -0.464. The molecule has 0 amide bonds. The van der Waals surface area contributed by atoms with Crippen molar-refractivity contribution in [3.05, 3.63) is 53.6 Å². The molecular weight excluding hydrogens is 367 g/mol. The zero-order valence-electron chi connectivity index (χ0n) is 15.4. The Kier molecular flexibility index (Phi) is 7.72. The first-order valence-electron chi connectivity index (χ1n) is 8.48. The molecule has 0 aliphatic rings. The number of rotatable bonds is 5. The smallest absolute Gasteiger partial charge is 0.141 e. The van der Waals surface area contributed by atoms with Crippen molar-refractivity contribution >= 4 is 39.7 Å². The van der Waals surface area contributed by atoms with Gasteiger partial charge in [0.05, 0.1) is 10.5 Å². The van der Waals surface area contributed by atoms with Gasteiger partial charge < -0.3 is 21.7 Å². The number of aromatic nitrogens is 2. The summed E-state index contributed by atoms with van der Waals surface area (Å²) in [6.45, 7) is 1.91. The summed E-state index contributed by atoms with van der Waals surface area (Å²) in [5.41, 5.74) is 13.1. The fraction of sp³-hybridized carbons (Fsp3) is 0.263. The molecule has 0 aliphatic carbocycles. The Labute approximate surface area is 163 Å². The highest BCUT2D eigenvalue weighted by atomic mass is 35.5. The number of anilines is 3. The molecule has 0 saturated carbocycles. The van der Waals surface area contributed by atoms with Gasteiger partial charge in [-0.05, 0) is 70.0 Å². The third kappa shape index (κ3) is 6.32. The molecule has 0 atom stereocenters. The van der Waals surface area contributed by atoms with Crippen molar-refractivity contribution in [2.75, 3.05) is 38.2 Å². The molecule has 27 heavy (non-hydrogen) atoms. The van der Waals surface area contributed by atoms with E-state index < -0.39 is 5.82 Å². The van der Waals surface area contributed by atoms with Gasteiger partial charge in [0.1, 0.15) is 18.0 Å². The average molecular weight is 391 g/mol. The quantitative estimate of drug-likeness (QED) is 0.576. The Morgan fingerprint density at radius 1 is 1.15 bits per heavy atom. The summed E-state index contributed by atoms with van der Waals surface area (Å²) >= 11 is 5.76. The molecule has 2 aromatic carbocycles. The summed E-state index contributed by atoms with van der Waals surface area (Å²) in [6, 6.07) is 9.74. The normalized spacial score (nSPS) is 10.6. The first-order valence-corrected chi connectivity index (χ1v) is 8.85. The monoisotopic (exact) mass is 390 g/mol. The number of nitrogen functional groups attached to an aromatic ring is 1. The second-order valence-corrected chi connectivity index (χ2v) is 6.61. The summed E-state index contributed by atoms with van der Waals surface area (Å²) < 4.78 is 13.1. The van der Waals surface area contributed by atoms with Crippen LogP contribution in [0.4, 0.5) is 21.6 Å². The van der Waals surface area contributed by atoms with Crippen molar-refractivity contribution in [3.63, 3.8) is 0 Å². The average Bonchev–Trinajstić information content (AvgIpc) is 2.64. The van der Waals surface area contributed by atoms with E-state index in [-0.39, 0.29) is 5.02 Å². The zero-order chi connectivity index (χ0) is 19.8. The first kappa shape index (κ1) is 20.8. The highest BCUT2D eigenvalue weighted by molar-refractivity contribution is 6.31. The van der Waals surface area contributed by atoms with Crippen LogP contribution in [0.1, 0.15) is 6.42 Å². The highest BCUT2D eigenvalue weighted by Gasteiger charge is 2.06. The lowest BCUT2D eigenvalue weighted by molar-refractivity contribution is 0.403. The standard InChI is InChI=1S/C14H10ClFN4.C5H14N2/c15-11-6-9(2-3-12(11)16)20-14-10-5-8(17)1-4-13(10)18-7-19-14;1-7(2)5-3-4-6/h1-7H,17H2,(H,18,19,20);3-6H2,1-2H3. The Balaban J connectivity index is 0.000000321. The number of halogens is 2. The summed E-state index contributed by atoms with van der Waals surface area (Å²) in [6.07, 6.45) is 2.55. The molecule has 1 heterocycles. The third-order valence-corrected chi connectivity index (χ3v) is 3.94. The van der Waals surface area contributed by atoms with Gasteiger partial charge in [0, 0.05) is 16.8 Å². The van der Waals surface area contributed by atoms with Gasteiger partial charge in [-0.3, -0.25) is 0 Å². The number of nitrogens with two attached hydrogens (primary N) is 2. The first-order chi connectivity index (χ1) is 12.9. The fourth-order valence-electron chi connectivity index (χ4n) is 2.29. The molecule has 8 heteroatoms. The van der Waals surface area contributed by atoms with E-state index >= 15 is 0 Å². The van der Waals surface area contributed by atoms with E-state index in [1.54, 1.807) is 18.2 Å². The van der Waals surface area contributed by atoms with E-state index in [2.05, 4.69) is 34.3 Å². The van der Waals surface area contributed by atoms with Crippen LogP contribution in [0.5, 0.6) is 0 Å². The Bertz CT molecular complexity index is 887. The number of nitrogens with one attached hydrogen (secondary N) is 1. The third-order valence-electron chi connectivity index (χ3n) is 3.65. The molecule has 144 valence electrons. The van der Waals surface area contributed by atoms with Crippen molar-refractivity contribution in [3.8, 4) is 0 Å². The van der Waals surface area contributed by atoms with Crippen LogP contribution in [0, 0.1) is 5.82 Å². The van der Waals surface area contributed by atoms with Crippen molar-refractivity contribution in [1.82, 2.24) is 14.9 Å². The van der Waals surface area contributed by atoms with Crippen molar-refractivity contribution in [2.24, 2.45) is 5.73 Å². The second kappa shape index (κ2) is 10.0. The Morgan fingerprint density at radius 2 is 1.93 bits per heavy atom. The predicted molar refractivity (Wildman–Crippen MR) is 111 cm³/mol. The summed E-state index contributed by atoms with van der Waals surface area (Å²) in [4.78, 5) is 10.5. The molecular formula is C19H24ClFN6. The molecule has 6 nitrogen and oxygen atoms in total. The van der Waals surface area contributed by atoms with Gasteiger partial charge in [-0.1, -0.05) is 11.6 Å². The lowest BCUT2D eigenvalue weighted by Gasteiger charge is -2.09. The molecule has 0 bridgehead atoms. The molecule has 0 saturated heterocycles. The van der Waals surface area contributed by atoms with Crippen molar-refractivity contribution in [1.29, 1.82) is 0 Å². The zero-order valence-corrected chi connectivity index (χ0v) is 16.2. The van der Waals surface area contributed by atoms with Crippen LogP contribution in [0.2, 0.25) is 5.02 Å². The van der Waals surface area contributed by atoms with E-state index in [4.69, 9.17) is 23.1 Å². The molecule has 0 aliphatic heterocycles. The molecule has 0 spiro atoms. The van der Waals surface area contributed by atoms with E-state index in [1.807, 2.05) is 6.07 Å². The van der Waals surface area contributed by atoms with Crippen molar-refractivity contribution < 1.29 is 4.39 Å². The van der Waals surface area contributed by atoms with Gasteiger partial charge in [0.2, 0.25) is 0 Å². The highest BCUT2D eigenvalue weighted by Crippen LogP contribution is 2.26. The predicted octanol–water partition coefficient (Wildman–Crippen LogP) is 3.64. The number of fused-ring (bicyclic) bond motifs is 1. The SMILES string of the molecule is CN(C)CCCN.Nc1ccc2ncnc(Nc3ccc(F)c(Cl)c3)c2c1. The van der Waals surface area contributed by atoms with Crippen LogP contribution in [-0.4, -0.2) is 42.1 Å². The summed E-state index contributed by atoms with van der Waals surface area (Å²) in [5.74, 6) is 0.124. The largest absolute Gasteiger partial charge is 0.399 e. The van der Waals surface area contributed by atoms with Crippen LogP contribution in [0.25, 0.3) is 10.9 Å². The number of hydrogen-bond acceptors (Lipinski definition) is 6. The summed E-state index contributed by atoms with van der Waals surface area (Å²) in [5, 5.41) is 3.92. The molecule has 3 aromatic rings. The van der Waals surface area contributed by atoms with E-state index in [9.17, 15) is 4.39 Å². The van der Waals surface area contributed by atoms with Gasteiger partial charge >= 0.3 is 0 Å². The van der Waals surface area contributed by atoms with Crippen LogP contribution in [0.15, 0.2) is 42.7 Å². The van der Waals surface area contributed by atoms with E-state index in [1.165, 1.54) is 18.5 Å². The van der Waals surface area contributed by atoms with Crippen molar-refractivity contribution in [2.45, 2.75) is 6.42 Å². The topological polar surface area (TPSA) is 93.1 Å². The maximum atomic E-state index is 13.1. The van der Waals surface area contributed by atoms with Gasteiger partial charge in [0.25, 0.3) is 0 Å². The number of nitrogens with zero attached hydrogens (tertiary/aromatic N) is 3. The van der Waals surface area contributed by atoms with Crippen LogP contribution in [-0.2, 0) is 0 Å². The molecule has 5 N–H and O–H groups in total. The lowest BCUT2D eigenvalue weighted by Crippen LogP contribution is -2.16. The van der Waals surface area contributed by atoms with Crippen LogP contribution < -0.4 is 16.8 Å². The maximum Gasteiger partial charge on any atom is 0.141 e. The van der Waals surface area contributed by atoms with Gasteiger partial charge in [-0.2, -0.15) is 0 Å². The lowest BCUT2D eigenvalue weighted by atomic mass is 10.2. The van der Waals surface area contributed by atoms with E-state index in [0.717, 1.165) is 30.4 Å². The molecule has 3 rings (SSSR count). The molecule has 0 radical (unpaired) electrons. The van der Waals surface area contributed by atoms with Gasteiger partial charge in [0.15, 0.2) is 0 Å². The fourth-order valence-corrected chi connectivity index (χ4v) is 2.47. The maximum absolute atomic E-state index is 13.1. The minimum Gasteiger partial charge on any atom is -0.399 e.